The number of carbonyl (C=O) groups excluding carboxylic acids is 5. The van der Waals surface area contributed by atoms with Crippen LogP contribution < -0.4 is 21.3 Å². The number of ether oxygens (including phenoxy) is 1. The Hall–Kier alpha value is -3.96. The summed E-state index contributed by atoms with van der Waals surface area (Å²) in [6.45, 7) is 14.0. The first-order chi connectivity index (χ1) is 20.5. The lowest BCUT2D eigenvalue weighted by atomic mass is 9.73. The first-order valence-corrected chi connectivity index (χ1v) is 15.0. The van der Waals surface area contributed by atoms with Crippen LogP contribution in [0.3, 0.4) is 0 Å². The minimum atomic E-state index is -1.37. The second-order valence-electron chi connectivity index (χ2n) is 12.7. The molecule has 0 aliphatic carbocycles. The number of alkyl carbamates (subject to hydrolysis) is 1. The molecule has 0 fully saturated rings. The molecule has 0 bridgehead atoms. The van der Waals surface area contributed by atoms with E-state index >= 15 is 0 Å². The molecule has 12 nitrogen and oxygen atoms in total. The van der Waals surface area contributed by atoms with E-state index in [1.54, 1.807) is 52.0 Å². The van der Waals surface area contributed by atoms with Crippen LogP contribution in [0.1, 0.15) is 80.2 Å². The van der Waals surface area contributed by atoms with Gasteiger partial charge in [-0.1, -0.05) is 85.2 Å². The number of hydrogen-bond donors (Lipinski definition) is 5. The standard InChI is InChI=1S/C32H50N4O8/c1-9-20(4)26(36-31(43)44-18-22-13-11-10-12-14-22)29(41)35-27(24(16-25(38)39)32(6,7)8)30(42)33-21(5)28(40)34-23(17-37)15-19(2)3/h10-14,17,19-21,23-24,26-27H,9,15-16,18H2,1-8H3,(H,33,42)(H,34,40)(H,35,41)(H,36,43)(H,38,39)/t20-,21-,23-,24?,26-,27-/m0/s1. The maximum atomic E-state index is 13.7. The van der Waals surface area contributed by atoms with Crippen LogP contribution in [-0.4, -0.2) is 65.3 Å². The summed E-state index contributed by atoms with van der Waals surface area (Å²) >= 11 is 0. The second-order valence-corrected chi connectivity index (χ2v) is 12.7. The van der Waals surface area contributed by atoms with E-state index in [9.17, 15) is 33.9 Å². The Morgan fingerprint density at radius 3 is 1.95 bits per heavy atom. The number of hydrogen-bond acceptors (Lipinski definition) is 7. The third-order valence-electron chi connectivity index (χ3n) is 7.44. The van der Waals surface area contributed by atoms with Crippen LogP contribution in [-0.2, 0) is 35.3 Å². The number of amides is 4. The molecule has 4 amide bonds. The van der Waals surface area contributed by atoms with Gasteiger partial charge in [0.15, 0.2) is 0 Å². The van der Waals surface area contributed by atoms with Crippen LogP contribution in [0.2, 0.25) is 0 Å². The maximum absolute atomic E-state index is 13.7. The first kappa shape index (κ1) is 38.1. The van der Waals surface area contributed by atoms with Crippen LogP contribution in [0.4, 0.5) is 4.79 Å². The average Bonchev–Trinajstić information content (AvgIpc) is 2.95. The predicted molar refractivity (Wildman–Crippen MR) is 165 cm³/mol. The maximum Gasteiger partial charge on any atom is 0.408 e. The van der Waals surface area contributed by atoms with Gasteiger partial charge in [-0.25, -0.2) is 4.79 Å². The van der Waals surface area contributed by atoms with Crippen molar-refractivity contribution in [1.82, 2.24) is 21.3 Å². The van der Waals surface area contributed by atoms with Crippen LogP contribution in [0.15, 0.2) is 30.3 Å². The number of carbonyl (C=O) groups is 6. The van der Waals surface area contributed by atoms with Gasteiger partial charge in [0.2, 0.25) is 17.7 Å². The Morgan fingerprint density at radius 1 is 0.864 bits per heavy atom. The summed E-state index contributed by atoms with van der Waals surface area (Å²) < 4.78 is 5.30. The summed E-state index contributed by atoms with van der Waals surface area (Å²) in [5, 5.41) is 20.1. The average molecular weight is 619 g/mol. The summed E-state index contributed by atoms with van der Waals surface area (Å²) in [5.74, 6) is -4.39. The van der Waals surface area contributed by atoms with Crippen molar-refractivity contribution in [2.75, 3.05) is 0 Å². The predicted octanol–water partition coefficient (Wildman–Crippen LogP) is 3.18. The van der Waals surface area contributed by atoms with Gasteiger partial charge in [-0.2, -0.15) is 0 Å². The molecule has 0 saturated carbocycles. The molecule has 0 spiro atoms. The normalized spacial score (nSPS) is 15.5. The molecular formula is C32H50N4O8. The van der Waals surface area contributed by atoms with Crippen LogP contribution in [0, 0.1) is 23.2 Å². The van der Waals surface area contributed by atoms with Gasteiger partial charge >= 0.3 is 12.1 Å². The van der Waals surface area contributed by atoms with Crippen molar-refractivity contribution < 1.29 is 38.6 Å². The van der Waals surface area contributed by atoms with Gasteiger partial charge in [-0.3, -0.25) is 19.2 Å². The molecule has 1 rings (SSSR count). The molecule has 6 atom stereocenters. The molecule has 0 heterocycles. The van der Waals surface area contributed by atoms with Crippen molar-refractivity contribution in [3.05, 3.63) is 35.9 Å². The van der Waals surface area contributed by atoms with Gasteiger partial charge in [-0.15, -0.1) is 0 Å². The summed E-state index contributed by atoms with van der Waals surface area (Å²) in [5.41, 5.74) is -0.0140. The van der Waals surface area contributed by atoms with E-state index in [0.717, 1.165) is 5.56 Å². The summed E-state index contributed by atoms with van der Waals surface area (Å²) in [7, 11) is 0. The SMILES string of the molecule is CC[C@H](C)[C@H](NC(=O)OCc1ccccc1)C(=O)N[C@H](C(=O)N[C@@H](C)C(=O)N[C@H](C=O)CC(C)C)C(CC(=O)O)C(C)(C)C. The van der Waals surface area contributed by atoms with Gasteiger partial charge in [0, 0.05) is 5.92 Å². The molecule has 1 aromatic rings. The zero-order chi connectivity index (χ0) is 33.6. The number of nitrogens with one attached hydrogen (secondary N) is 4. The van der Waals surface area contributed by atoms with E-state index < -0.39 is 71.7 Å². The van der Waals surface area contributed by atoms with Crippen LogP contribution in [0.25, 0.3) is 0 Å². The molecule has 1 aromatic carbocycles. The largest absolute Gasteiger partial charge is 0.481 e. The Morgan fingerprint density at radius 2 is 1.45 bits per heavy atom. The highest BCUT2D eigenvalue weighted by molar-refractivity contribution is 5.94. The van der Waals surface area contributed by atoms with Crippen molar-refractivity contribution in [2.24, 2.45) is 23.2 Å². The molecule has 246 valence electrons. The number of rotatable bonds is 17. The topological polar surface area (TPSA) is 180 Å². The van der Waals surface area contributed by atoms with Gasteiger partial charge in [0.05, 0.1) is 12.5 Å². The third kappa shape index (κ3) is 13.1. The molecule has 44 heavy (non-hydrogen) atoms. The lowest BCUT2D eigenvalue weighted by molar-refractivity contribution is -0.142. The number of carboxylic acids is 1. The number of benzene rings is 1. The molecule has 1 unspecified atom stereocenters. The molecule has 0 aliphatic heterocycles. The fourth-order valence-electron chi connectivity index (χ4n) is 4.63. The second kappa shape index (κ2) is 18.0. The van der Waals surface area contributed by atoms with Crippen molar-refractivity contribution in [3.8, 4) is 0 Å². The smallest absolute Gasteiger partial charge is 0.408 e. The monoisotopic (exact) mass is 618 g/mol. The van der Waals surface area contributed by atoms with Gasteiger partial charge in [0.25, 0.3) is 0 Å². The van der Waals surface area contributed by atoms with Crippen LogP contribution in [0.5, 0.6) is 0 Å². The van der Waals surface area contributed by atoms with E-state index in [1.165, 1.54) is 6.92 Å². The Kier molecular flexibility index (Phi) is 15.6. The van der Waals surface area contributed by atoms with E-state index in [2.05, 4.69) is 21.3 Å². The third-order valence-corrected chi connectivity index (χ3v) is 7.44. The zero-order valence-corrected chi connectivity index (χ0v) is 27.1. The highest BCUT2D eigenvalue weighted by Gasteiger charge is 2.41. The fourth-order valence-corrected chi connectivity index (χ4v) is 4.63. The number of aldehydes is 1. The molecular weight excluding hydrogens is 568 g/mol. The highest BCUT2D eigenvalue weighted by atomic mass is 16.5. The van der Waals surface area contributed by atoms with Crippen molar-refractivity contribution in [2.45, 2.75) is 105 Å². The number of carboxylic acid groups (broad SMARTS) is 1. The summed E-state index contributed by atoms with van der Waals surface area (Å²) in [4.78, 5) is 76.1. The molecule has 0 radical (unpaired) electrons. The van der Waals surface area contributed by atoms with E-state index in [4.69, 9.17) is 4.74 Å². The van der Waals surface area contributed by atoms with E-state index in [1.807, 2.05) is 26.8 Å². The molecule has 12 heteroatoms. The van der Waals surface area contributed by atoms with Gasteiger partial charge in [-0.05, 0) is 36.2 Å². The van der Waals surface area contributed by atoms with Gasteiger partial charge in [0.1, 0.15) is 31.0 Å². The van der Waals surface area contributed by atoms with Crippen molar-refractivity contribution in [1.29, 1.82) is 0 Å². The Labute approximate surface area is 260 Å². The molecule has 5 N–H and O–H groups in total. The summed E-state index contributed by atoms with van der Waals surface area (Å²) in [6.07, 6.45) is 0.258. The first-order valence-electron chi connectivity index (χ1n) is 15.0. The quantitative estimate of drug-likeness (QED) is 0.165. The van der Waals surface area contributed by atoms with Gasteiger partial charge < -0.3 is 35.9 Å². The molecule has 0 aromatic heterocycles. The number of aliphatic carboxylic acids is 1. The molecule has 0 aliphatic rings. The van der Waals surface area contributed by atoms with Crippen molar-refractivity contribution in [3.63, 3.8) is 0 Å². The Balaban J connectivity index is 3.23. The van der Waals surface area contributed by atoms with E-state index in [-0.39, 0.29) is 18.4 Å². The zero-order valence-electron chi connectivity index (χ0n) is 27.1. The fraction of sp³-hybridized carbons (Fsp3) is 0.625. The Bertz CT molecular complexity index is 1120. The minimum Gasteiger partial charge on any atom is -0.481 e. The van der Waals surface area contributed by atoms with Crippen molar-refractivity contribution >= 4 is 36.1 Å². The van der Waals surface area contributed by atoms with Crippen LogP contribution >= 0.6 is 0 Å². The minimum absolute atomic E-state index is 0.0145. The lowest BCUT2D eigenvalue weighted by Crippen LogP contribution is -2.61. The van der Waals surface area contributed by atoms with E-state index in [0.29, 0.717) is 19.1 Å². The summed E-state index contributed by atoms with van der Waals surface area (Å²) in [6, 6.07) is 4.69. The molecule has 0 saturated heterocycles. The lowest BCUT2D eigenvalue weighted by Gasteiger charge is -2.37. The highest BCUT2D eigenvalue weighted by Crippen LogP contribution is 2.32.